The van der Waals surface area contributed by atoms with Crippen molar-refractivity contribution in [1.82, 2.24) is 5.32 Å². The van der Waals surface area contributed by atoms with Crippen molar-refractivity contribution in [3.8, 4) is 5.75 Å². The van der Waals surface area contributed by atoms with Crippen LogP contribution in [0, 0.1) is 0 Å². The van der Waals surface area contributed by atoms with Crippen molar-refractivity contribution in [3.63, 3.8) is 0 Å². The van der Waals surface area contributed by atoms with Crippen LogP contribution in [0.2, 0.25) is 0 Å². The van der Waals surface area contributed by atoms with E-state index in [-0.39, 0.29) is 11.8 Å². The van der Waals surface area contributed by atoms with Gasteiger partial charge in [0.2, 0.25) is 0 Å². The number of nitrogens with two attached hydrogens (primary N) is 1. The minimum atomic E-state index is -0.732. The van der Waals surface area contributed by atoms with E-state index >= 15 is 0 Å². The normalized spacial score (nSPS) is 22.3. The molecule has 18 heavy (non-hydrogen) atoms. The van der Waals surface area contributed by atoms with Gasteiger partial charge < -0.3 is 26.6 Å². The number of nitrogens with one attached hydrogen (secondary N) is 2. The molecule has 0 aliphatic heterocycles. The van der Waals surface area contributed by atoms with Crippen molar-refractivity contribution in [1.29, 1.82) is 0 Å². The highest BCUT2D eigenvalue weighted by Crippen LogP contribution is 2.38. The van der Waals surface area contributed by atoms with E-state index in [4.69, 9.17) is 5.73 Å². The molecule has 0 bridgehead atoms. The zero-order chi connectivity index (χ0) is 13.3. The molecule has 1 aromatic carbocycles. The Morgan fingerprint density at radius 1 is 1.50 bits per heavy atom. The number of likely N-dealkylation sites (N-methyl/N-ethyl adjacent to an activating group) is 1. The van der Waals surface area contributed by atoms with Crippen LogP contribution in [0.3, 0.4) is 0 Å². The number of hydrogen-bond donors (Lipinski definition) is 5. The number of phenols is 1. The molecule has 0 saturated carbocycles. The third-order valence-corrected chi connectivity index (χ3v) is 3.35. The van der Waals surface area contributed by atoms with Crippen molar-refractivity contribution in [3.05, 3.63) is 23.3 Å². The summed E-state index contributed by atoms with van der Waals surface area (Å²) in [5, 5.41) is 25.4. The number of rotatable bonds is 2. The molecule has 0 radical (unpaired) electrons. The third kappa shape index (κ3) is 2.12. The number of hydrogen-bond acceptors (Lipinski definition) is 4. The predicted molar refractivity (Wildman–Crippen MR) is 67.4 cm³/mol. The molecule has 0 aromatic heterocycles. The third-order valence-electron chi connectivity index (χ3n) is 3.35. The second kappa shape index (κ2) is 4.83. The first-order chi connectivity index (χ1) is 8.54. The molecule has 2 amide bonds. The Morgan fingerprint density at radius 3 is 2.83 bits per heavy atom. The SMILES string of the molecule is CN[C@@H]1CCc2c(ccc(O)c2NC(N)=O)[C@@H]1O. The molecule has 2 rings (SSSR count). The Balaban J connectivity index is 2.45. The Morgan fingerprint density at radius 2 is 2.22 bits per heavy atom. The van der Waals surface area contributed by atoms with Crippen LogP contribution in [0.5, 0.6) is 5.75 Å². The summed E-state index contributed by atoms with van der Waals surface area (Å²) in [6, 6.07) is 2.36. The summed E-state index contributed by atoms with van der Waals surface area (Å²) in [5.74, 6) is -0.0392. The van der Waals surface area contributed by atoms with Crippen molar-refractivity contribution in [2.45, 2.75) is 25.0 Å². The molecule has 6 N–H and O–H groups in total. The van der Waals surface area contributed by atoms with Crippen LogP contribution >= 0.6 is 0 Å². The van der Waals surface area contributed by atoms with E-state index in [1.54, 1.807) is 13.1 Å². The van der Waals surface area contributed by atoms with Crippen LogP contribution in [0.15, 0.2) is 12.1 Å². The van der Waals surface area contributed by atoms with Gasteiger partial charge in [-0.1, -0.05) is 6.07 Å². The number of anilines is 1. The van der Waals surface area contributed by atoms with Gasteiger partial charge in [-0.3, -0.25) is 0 Å². The zero-order valence-corrected chi connectivity index (χ0v) is 10.1. The fourth-order valence-corrected chi connectivity index (χ4v) is 2.44. The summed E-state index contributed by atoms with van der Waals surface area (Å²) in [4.78, 5) is 10.9. The molecule has 0 heterocycles. The van der Waals surface area contributed by atoms with Gasteiger partial charge in [0.1, 0.15) is 5.75 Å². The lowest BCUT2D eigenvalue weighted by Crippen LogP contribution is -2.36. The predicted octanol–water partition coefficient (Wildman–Crippen LogP) is 0.450. The van der Waals surface area contributed by atoms with E-state index in [0.717, 1.165) is 12.0 Å². The molecule has 0 spiro atoms. The number of amides is 2. The number of phenolic OH excluding ortho intramolecular Hbond substituents is 1. The molecular formula is C12H17N3O3. The summed E-state index contributed by atoms with van der Waals surface area (Å²) in [5.41, 5.74) is 6.83. The van der Waals surface area contributed by atoms with Crippen LogP contribution in [0.25, 0.3) is 0 Å². The number of primary amides is 1. The van der Waals surface area contributed by atoms with E-state index in [0.29, 0.717) is 17.7 Å². The van der Waals surface area contributed by atoms with Gasteiger partial charge in [-0.05, 0) is 37.1 Å². The number of aromatic hydroxyl groups is 1. The number of benzene rings is 1. The largest absolute Gasteiger partial charge is 0.506 e. The number of urea groups is 1. The quantitative estimate of drug-likeness (QED) is 0.492. The number of aliphatic hydroxyl groups is 1. The molecule has 0 unspecified atom stereocenters. The highest BCUT2D eigenvalue weighted by Gasteiger charge is 2.29. The fraction of sp³-hybridized carbons (Fsp3) is 0.417. The number of carbonyl (C=O) groups excluding carboxylic acids is 1. The molecule has 98 valence electrons. The molecule has 6 heteroatoms. The van der Waals surface area contributed by atoms with Gasteiger partial charge >= 0.3 is 6.03 Å². The van der Waals surface area contributed by atoms with Crippen molar-refractivity contribution >= 4 is 11.7 Å². The summed E-state index contributed by atoms with van der Waals surface area (Å²) in [7, 11) is 1.79. The second-order valence-corrected chi connectivity index (χ2v) is 4.40. The first kappa shape index (κ1) is 12.7. The minimum absolute atomic E-state index is 0.0246. The lowest BCUT2D eigenvalue weighted by molar-refractivity contribution is 0.119. The topological polar surface area (TPSA) is 108 Å². The monoisotopic (exact) mass is 251 g/mol. The lowest BCUT2D eigenvalue weighted by Gasteiger charge is -2.31. The summed E-state index contributed by atoms with van der Waals surface area (Å²) < 4.78 is 0. The Bertz CT molecular complexity index is 476. The molecule has 1 aliphatic rings. The van der Waals surface area contributed by atoms with Crippen molar-refractivity contribution in [2.75, 3.05) is 12.4 Å². The fourth-order valence-electron chi connectivity index (χ4n) is 2.44. The van der Waals surface area contributed by atoms with Crippen LogP contribution in [-0.2, 0) is 6.42 Å². The number of fused-ring (bicyclic) bond motifs is 1. The van der Waals surface area contributed by atoms with Gasteiger partial charge in [-0.15, -0.1) is 0 Å². The van der Waals surface area contributed by atoms with Crippen molar-refractivity contribution < 1.29 is 15.0 Å². The maximum absolute atomic E-state index is 10.9. The van der Waals surface area contributed by atoms with Gasteiger partial charge in [-0.25, -0.2) is 4.79 Å². The molecule has 2 atom stereocenters. The van der Waals surface area contributed by atoms with E-state index in [1.807, 2.05) is 0 Å². The van der Waals surface area contributed by atoms with Gasteiger partial charge in [0.05, 0.1) is 11.8 Å². The molecule has 0 saturated heterocycles. The zero-order valence-electron chi connectivity index (χ0n) is 10.1. The molecule has 0 fully saturated rings. The number of carbonyl (C=O) groups is 1. The maximum Gasteiger partial charge on any atom is 0.316 e. The van der Waals surface area contributed by atoms with Crippen LogP contribution in [0.4, 0.5) is 10.5 Å². The number of aliphatic hydroxyl groups excluding tert-OH is 1. The first-order valence-electron chi connectivity index (χ1n) is 5.81. The molecule has 1 aliphatic carbocycles. The summed E-state index contributed by atoms with van der Waals surface area (Å²) in [6.45, 7) is 0. The second-order valence-electron chi connectivity index (χ2n) is 4.40. The Kier molecular flexibility index (Phi) is 3.40. The minimum Gasteiger partial charge on any atom is -0.506 e. The van der Waals surface area contributed by atoms with Crippen LogP contribution in [-0.4, -0.2) is 29.3 Å². The van der Waals surface area contributed by atoms with E-state index in [1.165, 1.54) is 6.07 Å². The molecule has 1 aromatic rings. The summed E-state index contributed by atoms with van der Waals surface area (Å²) in [6.07, 6.45) is 0.719. The van der Waals surface area contributed by atoms with Crippen LogP contribution in [0.1, 0.15) is 23.7 Å². The van der Waals surface area contributed by atoms with Gasteiger partial charge in [0.25, 0.3) is 0 Å². The average molecular weight is 251 g/mol. The average Bonchev–Trinajstić information content (AvgIpc) is 2.33. The lowest BCUT2D eigenvalue weighted by atomic mass is 9.84. The van der Waals surface area contributed by atoms with E-state index < -0.39 is 12.1 Å². The standard InChI is InChI=1S/C12H17N3O3/c1-14-8-4-2-6-7(11(8)17)3-5-9(16)10(6)15-12(13)18/h3,5,8,11,14,16-17H,2,4H2,1H3,(H3,13,15,18)/t8-,11+/m1/s1. The Labute approximate surface area is 105 Å². The molecular weight excluding hydrogens is 234 g/mol. The van der Waals surface area contributed by atoms with Crippen molar-refractivity contribution in [2.24, 2.45) is 5.73 Å². The maximum atomic E-state index is 10.9. The first-order valence-corrected chi connectivity index (χ1v) is 5.81. The highest BCUT2D eigenvalue weighted by atomic mass is 16.3. The van der Waals surface area contributed by atoms with Gasteiger partial charge in [0, 0.05) is 6.04 Å². The Hall–Kier alpha value is -1.79. The van der Waals surface area contributed by atoms with E-state index in [2.05, 4.69) is 10.6 Å². The summed E-state index contributed by atoms with van der Waals surface area (Å²) >= 11 is 0. The van der Waals surface area contributed by atoms with Crippen LogP contribution < -0.4 is 16.4 Å². The van der Waals surface area contributed by atoms with Gasteiger partial charge in [0.15, 0.2) is 0 Å². The molecule has 6 nitrogen and oxygen atoms in total. The van der Waals surface area contributed by atoms with Gasteiger partial charge in [-0.2, -0.15) is 0 Å². The highest BCUT2D eigenvalue weighted by molar-refractivity contribution is 5.91. The smallest absolute Gasteiger partial charge is 0.316 e. The van der Waals surface area contributed by atoms with E-state index in [9.17, 15) is 15.0 Å².